The van der Waals surface area contributed by atoms with Crippen molar-refractivity contribution in [1.82, 2.24) is 20.3 Å². The summed E-state index contributed by atoms with van der Waals surface area (Å²) in [6.45, 7) is 4.16. The molecule has 3 aromatic rings. The van der Waals surface area contributed by atoms with E-state index < -0.39 is 0 Å². The van der Waals surface area contributed by atoms with Crippen molar-refractivity contribution in [2.24, 2.45) is 0 Å². The van der Waals surface area contributed by atoms with Crippen molar-refractivity contribution in [3.05, 3.63) is 42.7 Å². The largest absolute Gasteiger partial charge is 0.355 e. The predicted molar refractivity (Wildman–Crippen MR) is 89.0 cm³/mol. The van der Waals surface area contributed by atoms with Gasteiger partial charge in [0.25, 0.3) is 0 Å². The number of aromatic nitrogens is 3. The molecule has 3 aromatic heterocycles. The van der Waals surface area contributed by atoms with E-state index >= 15 is 0 Å². The van der Waals surface area contributed by atoms with Crippen LogP contribution in [0.2, 0.25) is 0 Å². The van der Waals surface area contributed by atoms with Gasteiger partial charge >= 0.3 is 0 Å². The Hall–Kier alpha value is -2.40. The zero-order valence-electron chi connectivity index (χ0n) is 12.4. The molecule has 4 heterocycles. The Morgan fingerprint density at radius 1 is 1.05 bits per heavy atom. The molecule has 5 heteroatoms. The fourth-order valence-electron chi connectivity index (χ4n) is 2.99. The first-order valence-electron chi connectivity index (χ1n) is 7.77. The van der Waals surface area contributed by atoms with Gasteiger partial charge in [0.05, 0.1) is 5.69 Å². The topological polar surface area (TPSA) is 56.8 Å². The van der Waals surface area contributed by atoms with Gasteiger partial charge < -0.3 is 15.2 Å². The van der Waals surface area contributed by atoms with Crippen LogP contribution < -0.4 is 10.2 Å². The summed E-state index contributed by atoms with van der Waals surface area (Å²) in [6, 6.07) is 10.3. The molecule has 1 saturated heterocycles. The fourth-order valence-corrected chi connectivity index (χ4v) is 2.99. The Bertz CT molecular complexity index is 771. The van der Waals surface area contributed by atoms with Crippen molar-refractivity contribution in [1.29, 1.82) is 0 Å². The number of hydrogen-bond donors (Lipinski definition) is 2. The number of pyridine rings is 2. The van der Waals surface area contributed by atoms with Crippen LogP contribution in [0.1, 0.15) is 6.42 Å². The summed E-state index contributed by atoms with van der Waals surface area (Å²) >= 11 is 0. The van der Waals surface area contributed by atoms with Gasteiger partial charge in [0.1, 0.15) is 11.5 Å². The summed E-state index contributed by atoms with van der Waals surface area (Å²) in [6.07, 6.45) is 4.95. The zero-order chi connectivity index (χ0) is 14.8. The molecule has 0 radical (unpaired) electrons. The average molecular weight is 293 g/mol. The van der Waals surface area contributed by atoms with Gasteiger partial charge in [0, 0.05) is 43.0 Å². The smallest absolute Gasteiger partial charge is 0.137 e. The quantitative estimate of drug-likeness (QED) is 0.762. The third-order valence-corrected chi connectivity index (χ3v) is 4.13. The molecule has 0 amide bonds. The van der Waals surface area contributed by atoms with Crippen molar-refractivity contribution < 1.29 is 0 Å². The van der Waals surface area contributed by atoms with Gasteiger partial charge in [-0.15, -0.1) is 0 Å². The van der Waals surface area contributed by atoms with E-state index in [1.807, 2.05) is 12.3 Å². The second-order valence-electron chi connectivity index (χ2n) is 5.57. The summed E-state index contributed by atoms with van der Waals surface area (Å²) in [4.78, 5) is 14.8. The lowest BCUT2D eigenvalue weighted by Crippen LogP contribution is -2.28. The van der Waals surface area contributed by atoms with Gasteiger partial charge in [-0.25, -0.2) is 9.97 Å². The zero-order valence-corrected chi connectivity index (χ0v) is 12.4. The molecule has 4 rings (SSSR count). The summed E-state index contributed by atoms with van der Waals surface area (Å²) < 4.78 is 0. The monoisotopic (exact) mass is 293 g/mol. The highest BCUT2D eigenvalue weighted by Gasteiger charge is 2.13. The molecular weight excluding hydrogens is 274 g/mol. The van der Waals surface area contributed by atoms with E-state index in [9.17, 15) is 0 Å². The maximum atomic E-state index is 4.88. The normalized spacial score (nSPS) is 15.9. The third kappa shape index (κ3) is 2.44. The first-order chi connectivity index (χ1) is 10.9. The number of anilines is 1. The molecule has 22 heavy (non-hydrogen) atoms. The van der Waals surface area contributed by atoms with Gasteiger partial charge in [0.15, 0.2) is 0 Å². The molecule has 0 spiro atoms. The highest BCUT2D eigenvalue weighted by Crippen LogP contribution is 2.27. The van der Waals surface area contributed by atoms with Crippen molar-refractivity contribution in [3.63, 3.8) is 0 Å². The summed E-state index contributed by atoms with van der Waals surface area (Å²) in [5.74, 6) is 1.06. The van der Waals surface area contributed by atoms with Crippen molar-refractivity contribution in [2.75, 3.05) is 31.1 Å². The Labute approximate surface area is 129 Å². The lowest BCUT2D eigenvalue weighted by atomic mass is 10.1. The molecule has 0 unspecified atom stereocenters. The first-order valence-corrected chi connectivity index (χ1v) is 7.77. The van der Waals surface area contributed by atoms with Crippen LogP contribution in [0.4, 0.5) is 5.82 Å². The second kappa shape index (κ2) is 5.77. The van der Waals surface area contributed by atoms with Crippen molar-refractivity contribution in [2.45, 2.75) is 6.42 Å². The van der Waals surface area contributed by atoms with Crippen LogP contribution in [-0.2, 0) is 0 Å². The van der Waals surface area contributed by atoms with E-state index in [-0.39, 0.29) is 0 Å². The molecule has 0 atom stereocenters. The predicted octanol–water partition coefficient (Wildman–Crippen LogP) is 2.42. The van der Waals surface area contributed by atoms with Gasteiger partial charge in [-0.2, -0.15) is 0 Å². The van der Waals surface area contributed by atoms with E-state index in [1.54, 1.807) is 6.20 Å². The van der Waals surface area contributed by atoms with Crippen LogP contribution in [0.25, 0.3) is 22.3 Å². The molecule has 1 aliphatic rings. The van der Waals surface area contributed by atoms with Gasteiger partial charge in [-0.3, -0.25) is 0 Å². The molecule has 0 bridgehead atoms. The average Bonchev–Trinajstić information content (AvgIpc) is 2.81. The van der Waals surface area contributed by atoms with Gasteiger partial charge in [0.2, 0.25) is 0 Å². The Morgan fingerprint density at radius 2 is 2.05 bits per heavy atom. The molecule has 1 fully saturated rings. The summed E-state index contributed by atoms with van der Waals surface area (Å²) in [5, 5.41) is 4.55. The Morgan fingerprint density at radius 3 is 3.05 bits per heavy atom. The van der Waals surface area contributed by atoms with Gasteiger partial charge in [-0.1, -0.05) is 6.07 Å². The maximum Gasteiger partial charge on any atom is 0.137 e. The SMILES string of the molecule is c1cc(-c2c[nH]c3ncccc23)nc(N2CCCNCC2)c1. The summed E-state index contributed by atoms with van der Waals surface area (Å²) in [7, 11) is 0. The highest BCUT2D eigenvalue weighted by molar-refractivity contribution is 5.92. The molecule has 2 N–H and O–H groups in total. The molecule has 0 aliphatic carbocycles. The van der Waals surface area contributed by atoms with Crippen molar-refractivity contribution in [3.8, 4) is 11.3 Å². The van der Waals surface area contributed by atoms with E-state index in [4.69, 9.17) is 4.98 Å². The number of H-pyrrole nitrogens is 1. The number of aromatic amines is 1. The minimum atomic E-state index is 0.906. The lowest BCUT2D eigenvalue weighted by molar-refractivity contribution is 0.724. The second-order valence-corrected chi connectivity index (χ2v) is 5.57. The number of rotatable bonds is 2. The van der Waals surface area contributed by atoms with Crippen molar-refractivity contribution >= 4 is 16.9 Å². The molecule has 0 aromatic carbocycles. The van der Waals surface area contributed by atoms with E-state index in [0.717, 1.165) is 60.7 Å². The number of fused-ring (bicyclic) bond motifs is 1. The van der Waals surface area contributed by atoms with Crippen LogP contribution in [0.3, 0.4) is 0 Å². The highest BCUT2D eigenvalue weighted by atomic mass is 15.2. The number of hydrogen-bond acceptors (Lipinski definition) is 4. The van der Waals surface area contributed by atoms with Gasteiger partial charge in [-0.05, 0) is 37.2 Å². The van der Waals surface area contributed by atoms with E-state index in [2.05, 4.69) is 44.5 Å². The lowest BCUT2D eigenvalue weighted by Gasteiger charge is -2.21. The standard InChI is InChI=1S/C17H19N5/c1-5-15(14-12-20-17-13(14)4-2-8-19-17)21-16(6-1)22-10-3-7-18-9-11-22/h1-2,4-6,8,12,18H,3,7,9-11H2,(H,19,20). The van der Waals surface area contributed by atoms with Crippen LogP contribution in [0.5, 0.6) is 0 Å². The van der Waals surface area contributed by atoms with Crippen LogP contribution in [0.15, 0.2) is 42.7 Å². The minimum absolute atomic E-state index is 0.906. The number of nitrogens with one attached hydrogen (secondary N) is 2. The molecule has 5 nitrogen and oxygen atoms in total. The molecule has 1 aliphatic heterocycles. The fraction of sp³-hybridized carbons (Fsp3) is 0.294. The Kier molecular flexibility index (Phi) is 3.48. The first kappa shape index (κ1) is 13.3. The minimum Gasteiger partial charge on any atom is -0.355 e. The summed E-state index contributed by atoms with van der Waals surface area (Å²) in [5.41, 5.74) is 3.01. The van der Waals surface area contributed by atoms with E-state index in [0.29, 0.717) is 0 Å². The Balaban J connectivity index is 1.72. The molecule has 0 saturated carbocycles. The van der Waals surface area contributed by atoms with Crippen LogP contribution in [0, 0.1) is 0 Å². The van der Waals surface area contributed by atoms with E-state index in [1.165, 1.54) is 0 Å². The molecular formula is C17H19N5. The maximum absolute atomic E-state index is 4.88. The third-order valence-electron chi connectivity index (χ3n) is 4.13. The molecule has 112 valence electrons. The number of nitrogens with zero attached hydrogens (tertiary/aromatic N) is 3. The van der Waals surface area contributed by atoms with Crippen LogP contribution >= 0.6 is 0 Å². The van der Waals surface area contributed by atoms with Crippen LogP contribution in [-0.4, -0.2) is 41.1 Å².